The van der Waals surface area contributed by atoms with Crippen molar-refractivity contribution in [1.29, 1.82) is 0 Å². The maximum atomic E-state index is 11.6. The van der Waals surface area contributed by atoms with Crippen LogP contribution < -0.4 is 10.0 Å². The zero-order valence-electron chi connectivity index (χ0n) is 17.7. The molecule has 2 atom stereocenters. The Balaban J connectivity index is 2.00. The van der Waals surface area contributed by atoms with E-state index in [1.807, 2.05) is 36.4 Å². The molecule has 0 fully saturated rings. The highest BCUT2D eigenvalue weighted by atomic mass is 31.1. The summed E-state index contributed by atoms with van der Waals surface area (Å²) in [7, 11) is 0.480. The Morgan fingerprint density at radius 3 is 2.38 bits per heavy atom. The Bertz CT molecular complexity index is 981. The quantitative estimate of drug-likeness (QED) is 0.324. The van der Waals surface area contributed by atoms with E-state index in [1.54, 1.807) is 0 Å². The summed E-state index contributed by atoms with van der Waals surface area (Å²) in [5.41, 5.74) is 5.56. The SMILES string of the molecule is CCC(C)(Pc1ccccc1C=O)c1cc(C)cc(C)c1OCc1ccccc1. The number of aryl methyl sites for hydroxylation is 2. The van der Waals surface area contributed by atoms with E-state index in [1.165, 1.54) is 11.1 Å². The fourth-order valence-electron chi connectivity index (χ4n) is 3.64. The molecule has 0 aliphatic heterocycles. The molecule has 0 radical (unpaired) electrons. The molecule has 0 heterocycles. The van der Waals surface area contributed by atoms with Crippen LogP contribution in [-0.2, 0) is 11.8 Å². The van der Waals surface area contributed by atoms with Crippen LogP contribution in [0, 0.1) is 13.8 Å². The second kappa shape index (κ2) is 9.37. The van der Waals surface area contributed by atoms with Crippen LogP contribution in [0.3, 0.4) is 0 Å². The number of rotatable bonds is 8. The van der Waals surface area contributed by atoms with Gasteiger partial charge in [0.1, 0.15) is 12.4 Å². The van der Waals surface area contributed by atoms with Crippen molar-refractivity contribution in [2.24, 2.45) is 0 Å². The van der Waals surface area contributed by atoms with Crippen LogP contribution in [0.2, 0.25) is 0 Å². The third-order valence-corrected chi connectivity index (χ3v) is 7.34. The third kappa shape index (κ3) is 4.95. The van der Waals surface area contributed by atoms with E-state index in [4.69, 9.17) is 4.74 Å². The van der Waals surface area contributed by atoms with Gasteiger partial charge in [0.05, 0.1) is 0 Å². The van der Waals surface area contributed by atoms with Crippen LogP contribution in [0.15, 0.2) is 66.7 Å². The van der Waals surface area contributed by atoms with Gasteiger partial charge in [-0.15, -0.1) is 0 Å². The Morgan fingerprint density at radius 1 is 1.00 bits per heavy atom. The molecule has 0 aliphatic carbocycles. The van der Waals surface area contributed by atoms with Crippen LogP contribution in [0.4, 0.5) is 0 Å². The van der Waals surface area contributed by atoms with Crippen LogP contribution in [0.25, 0.3) is 0 Å². The molecule has 0 N–H and O–H groups in total. The Hall–Kier alpha value is -2.44. The van der Waals surface area contributed by atoms with Crippen LogP contribution in [0.5, 0.6) is 5.75 Å². The molecule has 3 heteroatoms. The number of ether oxygens (including phenoxy) is 1. The normalized spacial score (nSPS) is 13.4. The van der Waals surface area contributed by atoms with E-state index in [-0.39, 0.29) is 5.16 Å². The summed E-state index contributed by atoms with van der Waals surface area (Å²) in [6, 6.07) is 22.6. The van der Waals surface area contributed by atoms with Gasteiger partial charge in [-0.3, -0.25) is 4.79 Å². The maximum absolute atomic E-state index is 11.6. The molecule has 29 heavy (non-hydrogen) atoms. The smallest absolute Gasteiger partial charge is 0.150 e. The van der Waals surface area contributed by atoms with E-state index in [2.05, 4.69) is 58.0 Å². The molecule has 0 bridgehead atoms. The molecule has 0 aliphatic rings. The molecule has 3 aromatic rings. The molecule has 0 saturated carbocycles. The molecule has 0 spiro atoms. The van der Waals surface area contributed by atoms with Gasteiger partial charge in [-0.25, -0.2) is 0 Å². The molecule has 150 valence electrons. The van der Waals surface area contributed by atoms with Gasteiger partial charge < -0.3 is 4.74 Å². The van der Waals surface area contributed by atoms with Gasteiger partial charge in [-0.05, 0) is 36.7 Å². The lowest BCUT2D eigenvalue weighted by molar-refractivity contribution is 0.112. The summed E-state index contributed by atoms with van der Waals surface area (Å²) >= 11 is 0. The Kier molecular flexibility index (Phi) is 6.87. The van der Waals surface area contributed by atoms with Crippen LogP contribution in [-0.4, -0.2) is 6.29 Å². The monoisotopic (exact) mass is 404 g/mol. The summed E-state index contributed by atoms with van der Waals surface area (Å²) in [5, 5.41) is 1.00. The first kappa shape index (κ1) is 21.3. The van der Waals surface area contributed by atoms with Gasteiger partial charge in [-0.1, -0.05) is 94.7 Å². The molecule has 0 amide bonds. The summed E-state index contributed by atoms with van der Waals surface area (Å²) in [5.74, 6) is 0.972. The molecule has 2 nitrogen and oxygen atoms in total. The van der Waals surface area contributed by atoms with Gasteiger partial charge in [-0.2, -0.15) is 0 Å². The topological polar surface area (TPSA) is 26.3 Å². The number of benzene rings is 3. The lowest BCUT2D eigenvalue weighted by Crippen LogP contribution is -2.21. The molecule has 3 aromatic carbocycles. The number of aldehydes is 1. The van der Waals surface area contributed by atoms with Gasteiger partial charge in [0, 0.05) is 16.3 Å². The van der Waals surface area contributed by atoms with Gasteiger partial charge in [0.15, 0.2) is 6.29 Å². The summed E-state index contributed by atoms with van der Waals surface area (Å²) in [4.78, 5) is 11.6. The molecule has 2 unspecified atom stereocenters. The van der Waals surface area contributed by atoms with Crippen molar-refractivity contribution in [2.75, 3.05) is 0 Å². The van der Waals surface area contributed by atoms with E-state index >= 15 is 0 Å². The zero-order valence-corrected chi connectivity index (χ0v) is 18.7. The largest absolute Gasteiger partial charge is 0.488 e. The predicted octanol–water partition coefficient (Wildman–Crippen LogP) is 6.32. The maximum Gasteiger partial charge on any atom is 0.150 e. The molecule has 0 saturated heterocycles. The van der Waals surface area contributed by atoms with Gasteiger partial charge in [0.25, 0.3) is 0 Å². The molecular formula is C26H29O2P. The highest BCUT2D eigenvalue weighted by Crippen LogP contribution is 2.48. The fourth-order valence-corrected chi connectivity index (χ4v) is 5.20. The lowest BCUT2D eigenvalue weighted by atomic mass is 9.92. The molecule has 0 aromatic heterocycles. The minimum atomic E-state index is -0.109. The number of carbonyl (C=O) groups excluding carboxylic acids is 1. The van der Waals surface area contributed by atoms with Crippen molar-refractivity contribution in [2.45, 2.75) is 45.9 Å². The van der Waals surface area contributed by atoms with Crippen LogP contribution >= 0.6 is 8.58 Å². The highest BCUT2D eigenvalue weighted by molar-refractivity contribution is 7.48. The average molecular weight is 404 g/mol. The van der Waals surface area contributed by atoms with E-state index in [0.29, 0.717) is 15.2 Å². The average Bonchev–Trinajstić information content (AvgIpc) is 2.73. The van der Waals surface area contributed by atoms with E-state index in [9.17, 15) is 4.79 Å². The van der Waals surface area contributed by atoms with Crippen molar-refractivity contribution in [3.05, 3.63) is 94.5 Å². The Labute approximate surface area is 176 Å². The number of carbonyl (C=O) groups is 1. The molecule has 3 rings (SSSR count). The number of hydrogen-bond donors (Lipinski definition) is 0. The predicted molar refractivity (Wildman–Crippen MR) is 124 cm³/mol. The van der Waals surface area contributed by atoms with E-state index in [0.717, 1.165) is 40.5 Å². The number of hydrogen-bond acceptors (Lipinski definition) is 2. The first-order valence-corrected chi connectivity index (χ1v) is 11.1. The van der Waals surface area contributed by atoms with Crippen molar-refractivity contribution in [3.63, 3.8) is 0 Å². The van der Waals surface area contributed by atoms with Crippen molar-refractivity contribution in [3.8, 4) is 5.75 Å². The highest BCUT2D eigenvalue weighted by Gasteiger charge is 2.30. The lowest BCUT2D eigenvalue weighted by Gasteiger charge is -2.32. The van der Waals surface area contributed by atoms with Gasteiger partial charge in [0.2, 0.25) is 0 Å². The standard InChI is InChI=1S/C26H29O2P/c1-5-26(4,29-24-14-10-9-13-22(24)17-27)23-16-19(2)15-20(3)25(23)28-18-21-11-7-6-8-12-21/h6-17,29H,5,18H2,1-4H3. The first-order chi connectivity index (χ1) is 14.0. The van der Waals surface area contributed by atoms with Gasteiger partial charge >= 0.3 is 0 Å². The second-order valence-electron chi connectivity index (χ2n) is 7.75. The summed E-state index contributed by atoms with van der Waals surface area (Å²) in [6.45, 7) is 9.31. The van der Waals surface area contributed by atoms with Crippen LogP contribution in [0.1, 0.15) is 52.9 Å². The first-order valence-electron chi connectivity index (χ1n) is 10.1. The van der Waals surface area contributed by atoms with Crippen molar-refractivity contribution in [1.82, 2.24) is 0 Å². The van der Waals surface area contributed by atoms with Crippen molar-refractivity contribution >= 4 is 20.2 Å². The molecular weight excluding hydrogens is 375 g/mol. The minimum absolute atomic E-state index is 0.109. The second-order valence-corrected chi connectivity index (χ2v) is 9.64. The summed E-state index contributed by atoms with van der Waals surface area (Å²) in [6.07, 6.45) is 1.93. The fraction of sp³-hybridized carbons (Fsp3) is 0.269. The van der Waals surface area contributed by atoms with Crippen molar-refractivity contribution < 1.29 is 9.53 Å². The summed E-state index contributed by atoms with van der Waals surface area (Å²) < 4.78 is 6.39. The Morgan fingerprint density at radius 2 is 1.69 bits per heavy atom. The minimum Gasteiger partial charge on any atom is -0.488 e. The van der Waals surface area contributed by atoms with E-state index < -0.39 is 0 Å². The third-order valence-electron chi connectivity index (χ3n) is 5.44. The zero-order chi connectivity index (χ0) is 20.9.